The van der Waals surface area contributed by atoms with E-state index in [2.05, 4.69) is 66.2 Å². The quantitative estimate of drug-likeness (QED) is 0.380. The second-order valence-corrected chi connectivity index (χ2v) is 9.89. The second-order valence-electron chi connectivity index (χ2n) is 8.72. The van der Waals surface area contributed by atoms with E-state index >= 15 is 0 Å². The molecule has 4 rings (SSSR count). The highest BCUT2D eigenvalue weighted by Crippen LogP contribution is 2.31. The average molecular weight is 448 g/mol. The van der Waals surface area contributed by atoms with Gasteiger partial charge in [0.25, 0.3) is 5.91 Å². The number of amides is 1. The Morgan fingerprint density at radius 2 is 2.00 bits per heavy atom. The largest absolute Gasteiger partial charge is 0.380 e. The van der Waals surface area contributed by atoms with Gasteiger partial charge in [-0.1, -0.05) is 37.6 Å². The molecule has 1 unspecified atom stereocenters. The molecule has 3 aromatic rings. The minimum absolute atomic E-state index is 0.0336. The summed E-state index contributed by atoms with van der Waals surface area (Å²) in [5.74, 6) is -0.0336. The molecule has 2 heterocycles. The van der Waals surface area contributed by atoms with Crippen molar-refractivity contribution in [3.05, 3.63) is 76.2 Å². The Labute approximate surface area is 195 Å². The predicted molar refractivity (Wildman–Crippen MR) is 136 cm³/mol. The molecule has 1 aliphatic heterocycles. The van der Waals surface area contributed by atoms with Crippen molar-refractivity contribution in [1.82, 2.24) is 10.6 Å². The molecule has 0 spiro atoms. The molecule has 1 aromatic heterocycles. The van der Waals surface area contributed by atoms with Crippen LogP contribution in [0.4, 0.5) is 5.69 Å². The van der Waals surface area contributed by atoms with Gasteiger partial charge in [-0.25, -0.2) is 0 Å². The SMILES string of the molecule is CCCCc1ccc(-c2cccc(C(C)NC(=O)c3cc(NC4CNC4)ccc3C)c2)s1. The Balaban J connectivity index is 1.45. The topological polar surface area (TPSA) is 53.2 Å². The summed E-state index contributed by atoms with van der Waals surface area (Å²) < 4.78 is 0. The summed E-state index contributed by atoms with van der Waals surface area (Å²) in [4.78, 5) is 15.8. The third-order valence-corrected chi connectivity index (χ3v) is 7.29. The summed E-state index contributed by atoms with van der Waals surface area (Å²) in [6, 6.07) is 19.4. The van der Waals surface area contributed by atoms with E-state index in [4.69, 9.17) is 0 Å². The van der Waals surface area contributed by atoms with Gasteiger partial charge < -0.3 is 16.0 Å². The molecule has 2 aromatic carbocycles. The van der Waals surface area contributed by atoms with Crippen LogP contribution in [-0.2, 0) is 6.42 Å². The number of hydrogen-bond donors (Lipinski definition) is 3. The van der Waals surface area contributed by atoms with Gasteiger partial charge in [0.1, 0.15) is 0 Å². The summed E-state index contributed by atoms with van der Waals surface area (Å²) in [6.07, 6.45) is 3.60. The van der Waals surface area contributed by atoms with Crippen LogP contribution in [0.1, 0.15) is 59.1 Å². The van der Waals surface area contributed by atoms with E-state index in [-0.39, 0.29) is 11.9 Å². The van der Waals surface area contributed by atoms with Crippen LogP contribution in [0.2, 0.25) is 0 Å². The van der Waals surface area contributed by atoms with E-state index in [0.717, 1.165) is 41.9 Å². The fourth-order valence-corrected chi connectivity index (χ4v) is 4.97. The van der Waals surface area contributed by atoms with Crippen LogP contribution in [0, 0.1) is 6.92 Å². The highest BCUT2D eigenvalue weighted by Gasteiger charge is 2.18. The lowest BCUT2D eigenvalue weighted by Gasteiger charge is -2.29. The van der Waals surface area contributed by atoms with Gasteiger partial charge in [-0.05, 0) is 73.7 Å². The normalized spacial score (nSPS) is 14.6. The van der Waals surface area contributed by atoms with E-state index in [0.29, 0.717) is 6.04 Å². The summed E-state index contributed by atoms with van der Waals surface area (Å²) >= 11 is 1.87. The van der Waals surface area contributed by atoms with Crippen LogP contribution in [0.5, 0.6) is 0 Å². The molecule has 1 aliphatic rings. The number of benzene rings is 2. The summed E-state index contributed by atoms with van der Waals surface area (Å²) in [5, 5.41) is 9.94. The third kappa shape index (κ3) is 5.40. The Bertz CT molecular complexity index is 1070. The number of unbranched alkanes of at least 4 members (excludes halogenated alkanes) is 1. The molecule has 4 nitrogen and oxygen atoms in total. The third-order valence-electron chi connectivity index (χ3n) is 6.09. The molecule has 32 heavy (non-hydrogen) atoms. The van der Waals surface area contributed by atoms with Crippen LogP contribution in [0.15, 0.2) is 54.6 Å². The molecule has 1 saturated heterocycles. The molecule has 5 heteroatoms. The van der Waals surface area contributed by atoms with Crippen molar-refractivity contribution in [3.8, 4) is 10.4 Å². The number of carbonyl (C=O) groups excluding carboxylic acids is 1. The zero-order valence-corrected chi connectivity index (χ0v) is 20.0. The number of thiophene rings is 1. The van der Waals surface area contributed by atoms with Crippen LogP contribution in [-0.4, -0.2) is 25.0 Å². The van der Waals surface area contributed by atoms with Crippen molar-refractivity contribution in [2.24, 2.45) is 0 Å². The highest BCUT2D eigenvalue weighted by atomic mass is 32.1. The standard InChI is InChI=1S/C27H33N3OS/c1-4-5-9-24-12-13-26(32-24)21-8-6-7-20(14-21)19(3)29-27(31)25-15-22(11-10-18(25)2)30-23-16-28-17-23/h6-8,10-15,19,23,28,30H,4-5,9,16-17H2,1-3H3,(H,29,31). The van der Waals surface area contributed by atoms with Crippen LogP contribution in [0.3, 0.4) is 0 Å². The maximum atomic E-state index is 13.1. The smallest absolute Gasteiger partial charge is 0.252 e. The first kappa shape index (κ1) is 22.6. The molecule has 0 aliphatic carbocycles. The number of hydrogen-bond acceptors (Lipinski definition) is 4. The molecule has 1 amide bonds. The molecule has 1 fully saturated rings. The maximum absolute atomic E-state index is 13.1. The Morgan fingerprint density at radius 3 is 2.75 bits per heavy atom. The molecule has 0 bridgehead atoms. The lowest BCUT2D eigenvalue weighted by molar-refractivity contribution is 0.0939. The number of aryl methyl sites for hydroxylation is 2. The average Bonchev–Trinajstić information content (AvgIpc) is 3.25. The zero-order chi connectivity index (χ0) is 22.5. The van der Waals surface area contributed by atoms with Crippen molar-refractivity contribution >= 4 is 22.9 Å². The van der Waals surface area contributed by atoms with Crippen molar-refractivity contribution in [2.45, 2.75) is 52.1 Å². The van der Waals surface area contributed by atoms with E-state index < -0.39 is 0 Å². The Kier molecular flexibility index (Phi) is 7.28. The maximum Gasteiger partial charge on any atom is 0.252 e. The van der Waals surface area contributed by atoms with Crippen molar-refractivity contribution in [1.29, 1.82) is 0 Å². The van der Waals surface area contributed by atoms with Gasteiger partial charge in [0, 0.05) is 34.1 Å². The predicted octanol–water partition coefficient (Wildman–Crippen LogP) is 5.94. The summed E-state index contributed by atoms with van der Waals surface area (Å²) in [6.45, 7) is 8.20. The number of anilines is 1. The Hall–Kier alpha value is -2.63. The van der Waals surface area contributed by atoms with Gasteiger partial charge in [0.05, 0.1) is 12.1 Å². The first-order chi connectivity index (χ1) is 15.5. The molecule has 0 saturated carbocycles. The minimum Gasteiger partial charge on any atom is -0.380 e. The number of carbonyl (C=O) groups is 1. The molecule has 3 N–H and O–H groups in total. The van der Waals surface area contributed by atoms with Gasteiger partial charge >= 0.3 is 0 Å². The van der Waals surface area contributed by atoms with Crippen molar-refractivity contribution in [3.63, 3.8) is 0 Å². The molecular weight excluding hydrogens is 414 g/mol. The minimum atomic E-state index is -0.0752. The summed E-state index contributed by atoms with van der Waals surface area (Å²) in [5.41, 5.74) is 5.04. The lowest BCUT2D eigenvalue weighted by Crippen LogP contribution is -2.51. The summed E-state index contributed by atoms with van der Waals surface area (Å²) in [7, 11) is 0. The van der Waals surface area contributed by atoms with E-state index in [1.54, 1.807) is 0 Å². The molecule has 0 radical (unpaired) electrons. The van der Waals surface area contributed by atoms with E-state index in [1.807, 2.05) is 36.5 Å². The van der Waals surface area contributed by atoms with Crippen molar-refractivity contribution < 1.29 is 4.79 Å². The molecule has 168 valence electrons. The van der Waals surface area contributed by atoms with Gasteiger partial charge in [-0.3, -0.25) is 4.79 Å². The van der Waals surface area contributed by atoms with E-state index in [9.17, 15) is 4.79 Å². The zero-order valence-electron chi connectivity index (χ0n) is 19.2. The molecule has 1 atom stereocenters. The number of rotatable bonds is 9. The van der Waals surface area contributed by atoms with Crippen LogP contribution < -0.4 is 16.0 Å². The second kappa shape index (κ2) is 10.3. The first-order valence-electron chi connectivity index (χ1n) is 11.6. The first-order valence-corrected chi connectivity index (χ1v) is 12.4. The van der Waals surface area contributed by atoms with Gasteiger partial charge in [-0.15, -0.1) is 11.3 Å². The Morgan fingerprint density at radius 1 is 1.16 bits per heavy atom. The van der Waals surface area contributed by atoms with Crippen molar-refractivity contribution in [2.75, 3.05) is 18.4 Å². The van der Waals surface area contributed by atoms with Gasteiger partial charge in [-0.2, -0.15) is 0 Å². The highest BCUT2D eigenvalue weighted by molar-refractivity contribution is 7.15. The molecular formula is C27H33N3OS. The van der Waals surface area contributed by atoms with Gasteiger partial charge in [0.15, 0.2) is 0 Å². The van der Waals surface area contributed by atoms with Gasteiger partial charge in [0.2, 0.25) is 0 Å². The van der Waals surface area contributed by atoms with Crippen LogP contribution in [0.25, 0.3) is 10.4 Å². The lowest BCUT2D eigenvalue weighted by atomic mass is 10.0. The fourth-order valence-electron chi connectivity index (χ4n) is 3.92. The monoisotopic (exact) mass is 447 g/mol. The van der Waals surface area contributed by atoms with Crippen LogP contribution >= 0.6 is 11.3 Å². The van der Waals surface area contributed by atoms with E-state index in [1.165, 1.54) is 28.2 Å². The fraction of sp³-hybridized carbons (Fsp3) is 0.370. The number of nitrogens with one attached hydrogen (secondary N) is 3.